The van der Waals surface area contributed by atoms with E-state index in [9.17, 15) is 18.0 Å². The summed E-state index contributed by atoms with van der Waals surface area (Å²) in [5, 5.41) is 2.63. The Balaban J connectivity index is 2.07. The molecule has 0 fully saturated rings. The number of rotatable bonds is 8. The molecule has 0 saturated carbocycles. The van der Waals surface area contributed by atoms with E-state index in [2.05, 4.69) is 5.32 Å². The Morgan fingerprint density at radius 3 is 2.29 bits per heavy atom. The van der Waals surface area contributed by atoms with Crippen molar-refractivity contribution in [3.8, 4) is 5.75 Å². The number of sulfone groups is 1. The molecule has 8 heteroatoms. The molecule has 0 radical (unpaired) electrons. The van der Waals surface area contributed by atoms with Crippen LogP contribution in [0.15, 0.2) is 53.4 Å². The quantitative estimate of drug-likeness (QED) is 0.678. The summed E-state index contributed by atoms with van der Waals surface area (Å²) in [4.78, 5) is 24.6. The van der Waals surface area contributed by atoms with Crippen molar-refractivity contribution in [1.82, 2.24) is 0 Å². The molecular weight excluding hydrogens is 382 g/mol. The van der Waals surface area contributed by atoms with Crippen LogP contribution >= 0.6 is 0 Å². The van der Waals surface area contributed by atoms with E-state index < -0.39 is 27.8 Å². The third-order valence-electron chi connectivity index (χ3n) is 3.91. The Labute approximate surface area is 164 Å². The summed E-state index contributed by atoms with van der Waals surface area (Å²) in [6.07, 6.45) is -1.11. The largest absolute Gasteiger partial charge is 0.494 e. The van der Waals surface area contributed by atoms with Gasteiger partial charge in [-0.05, 0) is 50.2 Å². The van der Waals surface area contributed by atoms with Crippen molar-refractivity contribution < 1.29 is 27.5 Å². The van der Waals surface area contributed by atoms with Gasteiger partial charge < -0.3 is 14.8 Å². The van der Waals surface area contributed by atoms with Crippen LogP contribution in [0, 0.1) is 0 Å². The molecule has 7 nitrogen and oxygen atoms in total. The number of amides is 1. The number of esters is 1. The molecule has 28 heavy (non-hydrogen) atoms. The molecule has 0 unspecified atom stereocenters. The van der Waals surface area contributed by atoms with Crippen LogP contribution in [0.3, 0.4) is 0 Å². The minimum Gasteiger partial charge on any atom is -0.494 e. The first kappa shape index (κ1) is 21.4. The van der Waals surface area contributed by atoms with Gasteiger partial charge in [-0.25, -0.2) is 13.2 Å². The number of benzene rings is 2. The highest BCUT2D eigenvalue weighted by atomic mass is 32.2. The van der Waals surface area contributed by atoms with Crippen molar-refractivity contribution in [3.63, 3.8) is 0 Å². The summed E-state index contributed by atoms with van der Waals surface area (Å²) in [5.41, 5.74) is 0.426. The fourth-order valence-corrected chi connectivity index (χ4v) is 3.47. The highest BCUT2D eigenvalue weighted by Gasteiger charge is 2.25. The lowest BCUT2D eigenvalue weighted by Crippen LogP contribution is -2.30. The molecule has 2 aromatic carbocycles. The Morgan fingerprint density at radius 2 is 1.68 bits per heavy atom. The van der Waals surface area contributed by atoms with E-state index in [1.807, 2.05) is 6.92 Å². The molecule has 0 aliphatic heterocycles. The molecule has 0 spiro atoms. The molecular formula is C20H23NO6S. The van der Waals surface area contributed by atoms with Gasteiger partial charge in [-0.3, -0.25) is 4.79 Å². The molecule has 0 saturated heterocycles. The van der Waals surface area contributed by atoms with Crippen molar-refractivity contribution >= 4 is 27.4 Å². The van der Waals surface area contributed by atoms with Gasteiger partial charge in [0.1, 0.15) is 5.75 Å². The fraction of sp³-hybridized carbons (Fsp3) is 0.300. The molecule has 0 bridgehead atoms. The minimum atomic E-state index is -3.60. The zero-order valence-corrected chi connectivity index (χ0v) is 16.8. The lowest BCUT2D eigenvalue weighted by atomic mass is 10.2. The third kappa shape index (κ3) is 5.32. The number of anilines is 1. The average molecular weight is 405 g/mol. The molecule has 1 amide bonds. The van der Waals surface area contributed by atoms with Crippen LogP contribution in [0.4, 0.5) is 5.69 Å². The predicted octanol–water partition coefficient (Wildman–Crippen LogP) is 3.06. The van der Waals surface area contributed by atoms with Crippen LogP contribution in [-0.2, 0) is 19.4 Å². The van der Waals surface area contributed by atoms with E-state index >= 15 is 0 Å². The molecule has 2 rings (SSSR count). The maximum Gasteiger partial charge on any atom is 0.340 e. The molecule has 0 aliphatic rings. The normalized spacial score (nSPS) is 12.1. The maximum absolute atomic E-state index is 12.4. The Morgan fingerprint density at radius 1 is 1.04 bits per heavy atom. The summed E-state index contributed by atoms with van der Waals surface area (Å²) in [7, 11) is -3.60. The van der Waals surface area contributed by atoms with Crippen molar-refractivity contribution in [1.29, 1.82) is 0 Å². The van der Waals surface area contributed by atoms with Gasteiger partial charge in [-0.15, -0.1) is 0 Å². The lowest BCUT2D eigenvalue weighted by molar-refractivity contribution is -0.123. The molecule has 150 valence electrons. The van der Waals surface area contributed by atoms with Gasteiger partial charge in [0.25, 0.3) is 5.91 Å². The van der Waals surface area contributed by atoms with Crippen LogP contribution in [0.5, 0.6) is 5.75 Å². The zero-order chi connectivity index (χ0) is 20.7. The molecule has 1 N–H and O–H groups in total. The molecule has 0 heterocycles. The van der Waals surface area contributed by atoms with Crippen molar-refractivity contribution in [3.05, 3.63) is 54.1 Å². The number of carbonyl (C=O) groups is 2. The lowest BCUT2D eigenvalue weighted by Gasteiger charge is -2.15. The van der Waals surface area contributed by atoms with Crippen LogP contribution < -0.4 is 10.1 Å². The summed E-state index contributed by atoms with van der Waals surface area (Å²) in [6.45, 7) is 5.31. The van der Waals surface area contributed by atoms with E-state index in [0.29, 0.717) is 18.0 Å². The number of hydrogen-bond acceptors (Lipinski definition) is 6. The Bertz CT molecular complexity index is 937. The SMILES string of the molecule is CCOc1ccc(NC(=O)[C@@H](C)OC(=O)c2ccccc2S(=O)(=O)CC)cc1. The van der Waals surface area contributed by atoms with Crippen LogP contribution in [0.2, 0.25) is 0 Å². The minimum absolute atomic E-state index is 0.0925. The number of ether oxygens (including phenoxy) is 2. The second-order valence-corrected chi connectivity index (χ2v) is 8.14. The van der Waals surface area contributed by atoms with E-state index in [0.717, 1.165) is 0 Å². The highest BCUT2D eigenvalue weighted by Crippen LogP contribution is 2.19. The van der Waals surface area contributed by atoms with Gasteiger partial charge in [0, 0.05) is 5.69 Å². The van der Waals surface area contributed by atoms with E-state index in [-0.39, 0.29) is 16.2 Å². The van der Waals surface area contributed by atoms with E-state index in [1.54, 1.807) is 24.3 Å². The van der Waals surface area contributed by atoms with Crippen molar-refractivity contribution in [2.75, 3.05) is 17.7 Å². The van der Waals surface area contributed by atoms with E-state index in [4.69, 9.17) is 9.47 Å². The predicted molar refractivity (Wildman–Crippen MR) is 105 cm³/mol. The van der Waals surface area contributed by atoms with Crippen LogP contribution in [0.25, 0.3) is 0 Å². The van der Waals surface area contributed by atoms with Crippen LogP contribution in [-0.4, -0.2) is 38.8 Å². The summed E-state index contributed by atoms with van der Waals surface area (Å²) in [5.74, 6) is -0.880. The summed E-state index contributed by atoms with van der Waals surface area (Å²) in [6, 6.07) is 12.5. The number of nitrogens with one attached hydrogen (secondary N) is 1. The standard InChI is InChI=1S/C20H23NO6S/c1-4-26-16-12-10-15(11-13-16)21-19(22)14(3)27-20(23)17-8-6-7-9-18(17)28(24,25)5-2/h6-14H,4-5H2,1-3H3,(H,21,22)/t14-/m1/s1. The second kappa shape index (κ2) is 9.36. The van der Waals surface area contributed by atoms with E-state index in [1.165, 1.54) is 38.1 Å². The molecule has 2 aromatic rings. The Kier molecular flexibility index (Phi) is 7.17. The number of carbonyl (C=O) groups excluding carboxylic acids is 2. The first-order valence-electron chi connectivity index (χ1n) is 8.85. The monoisotopic (exact) mass is 405 g/mol. The van der Waals surface area contributed by atoms with Gasteiger partial charge >= 0.3 is 5.97 Å². The van der Waals surface area contributed by atoms with Crippen molar-refractivity contribution in [2.45, 2.75) is 31.8 Å². The van der Waals surface area contributed by atoms with Gasteiger partial charge in [0.15, 0.2) is 15.9 Å². The van der Waals surface area contributed by atoms with Gasteiger partial charge in [0.2, 0.25) is 0 Å². The highest BCUT2D eigenvalue weighted by molar-refractivity contribution is 7.91. The average Bonchev–Trinajstić information content (AvgIpc) is 2.69. The summed E-state index contributed by atoms with van der Waals surface area (Å²) < 4.78 is 34.8. The molecule has 0 aliphatic carbocycles. The van der Waals surface area contributed by atoms with Gasteiger partial charge in [-0.1, -0.05) is 19.1 Å². The molecule has 1 atom stereocenters. The first-order chi connectivity index (χ1) is 13.3. The van der Waals surface area contributed by atoms with Gasteiger partial charge in [0.05, 0.1) is 22.8 Å². The fourth-order valence-electron chi connectivity index (χ4n) is 2.38. The molecule has 0 aromatic heterocycles. The van der Waals surface area contributed by atoms with Gasteiger partial charge in [-0.2, -0.15) is 0 Å². The zero-order valence-electron chi connectivity index (χ0n) is 16.0. The first-order valence-corrected chi connectivity index (χ1v) is 10.5. The Hall–Kier alpha value is -2.87. The van der Waals surface area contributed by atoms with Crippen molar-refractivity contribution in [2.24, 2.45) is 0 Å². The number of hydrogen-bond donors (Lipinski definition) is 1. The third-order valence-corrected chi connectivity index (χ3v) is 5.69. The summed E-state index contributed by atoms with van der Waals surface area (Å²) >= 11 is 0. The van der Waals surface area contributed by atoms with Crippen LogP contribution in [0.1, 0.15) is 31.1 Å². The smallest absolute Gasteiger partial charge is 0.340 e. The second-order valence-electron chi connectivity index (χ2n) is 5.89. The topological polar surface area (TPSA) is 98.8 Å². The maximum atomic E-state index is 12.4.